The van der Waals surface area contributed by atoms with Gasteiger partial charge in [-0.25, -0.2) is 14.4 Å². The van der Waals surface area contributed by atoms with Gasteiger partial charge in [-0.3, -0.25) is 0 Å². The molecule has 0 spiro atoms. The number of rotatable bonds is 5. The lowest BCUT2D eigenvalue weighted by Crippen LogP contribution is -2.57. The van der Waals surface area contributed by atoms with Crippen molar-refractivity contribution in [2.75, 3.05) is 26.8 Å². The number of nitrogens with one attached hydrogen (secondary N) is 1. The number of hydrogen-bond acceptors (Lipinski definition) is 6. The Labute approximate surface area is 154 Å². The molecule has 1 aliphatic heterocycles. The molecule has 0 atom stereocenters. The first kappa shape index (κ1) is 20.3. The van der Waals surface area contributed by atoms with Gasteiger partial charge in [0.15, 0.2) is 0 Å². The van der Waals surface area contributed by atoms with Crippen LogP contribution in [0, 0.1) is 0 Å². The Balaban J connectivity index is 1.87. The fourth-order valence-corrected chi connectivity index (χ4v) is 3.53. The minimum Gasteiger partial charge on any atom is -0.464 e. The van der Waals surface area contributed by atoms with E-state index in [1.807, 2.05) is 6.92 Å². The van der Waals surface area contributed by atoms with E-state index < -0.39 is 11.6 Å². The van der Waals surface area contributed by atoms with Crippen LogP contribution in [-0.2, 0) is 19.0 Å². The monoisotopic (exact) mass is 370 g/mol. The molecule has 1 saturated carbocycles. The summed E-state index contributed by atoms with van der Waals surface area (Å²) < 4.78 is 15.5. The van der Waals surface area contributed by atoms with Crippen molar-refractivity contribution < 1.29 is 28.6 Å². The fraction of sp³-hybridized carbons (Fsp3) is 0.833. The fourth-order valence-electron chi connectivity index (χ4n) is 3.53. The first-order valence-electron chi connectivity index (χ1n) is 9.49. The smallest absolute Gasteiger partial charge is 0.409 e. The van der Waals surface area contributed by atoms with Gasteiger partial charge in [0.25, 0.3) is 0 Å². The van der Waals surface area contributed by atoms with Crippen LogP contribution in [0.1, 0.15) is 58.3 Å². The molecule has 0 aromatic heterocycles. The zero-order valence-electron chi connectivity index (χ0n) is 15.8. The lowest BCUT2D eigenvalue weighted by molar-refractivity contribution is -0.153. The molecule has 2 fully saturated rings. The minimum absolute atomic E-state index is 0.275. The second-order valence-corrected chi connectivity index (χ2v) is 6.97. The number of methoxy groups -OCH3 is 1. The number of carbonyl (C=O) groups is 3. The third-order valence-corrected chi connectivity index (χ3v) is 5.02. The zero-order chi connectivity index (χ0) is 19.0. The maximum atomic E-state index is 12.5. The summed E-state index contributed by atoms with van der Waals surface area (Å²) in [6.45, 7) is 3.25. The Morgan fingerprint density at radius 1 is 1.12 bits per heavy atom. The third kappa shape index (κ3) is 5.25. The third-order valence-electron chi connectivity index (χ3n) is 5.02. The Hall–Kier alpha value is -1.99. The second kappa shape index (κ2) is 9.64. The number of nitrogens with zero attached hydrogens (tertiary/aromatic N) is 1. The van der Waals surface area contributed by atoms with Crippen LogP contribution in [0.5, 0.6) is 0 Å². The summed E-state index contributed by atoms with van der Waals surface area (Å²) in [7, 11) is 1.35. The van der Waals surface area contributed by atoms with Gasteiger partial charge < -0.3 is 24.4 Å². The van der Waals surface area contributed by atoms with E-state index in [2.05, 4.69) is 5.32 Å². The van der Waals surface area contributed by atoms with E-state index in [1.165, 1.54) is 7.11 Å². The first-order chi connectivity index (χ1) is 12.5. The van der Waals surface area contributed by atoms with Crippen molar-refractivity contribution in [3.05, 3.63) is 0 Å². The van der Waals surface area contributed by atoms with E-state index in [4.69, 9.17) is 14.2 Å². The number of ether oxygens (including phenoxy) is 3. The van der Waals surface area contributed by atoms with Crippen LogP contribution >= 0.6 is 0 Å². The highest BCUT2D eigenvalue weighted by molar-refractivity contribution is 5.86. The normalized spacial score (nSPS) is 20.2. The number of amides is 2. The molecule has 0 aromatic rings. The van der Waals surface area contributed by atoms with E-state index in [1.54, 1.807) is 4.90 Å². The lowest BCUT2D eigenvalue weighted by atomic mass is 9.82. The quantitative estimate of drug-likeness (QED) is 0.590. The second-order valence-electron chi connectivity index (χ2n) is 6.97. The van der Waals surface area contributed by atoms with Gasteiger partial charge >= 0.3 is 18.2 Å². The number of piperidine rings is 1. The highest BCUT2D eigenvalue weighted by atomic mass is 16.6. The zero-order valence-corrected chi connectivity index (χ0v) is 15.8. The average molecular weight is 370 g/mol. The standard InChI is InChI=1S/C18H30N2O6/c1-3-13-25-15(21)18(9-5-4-6-10-18)19-16(22)26-14-7-11-20(12-8-14)17(23)24-2/h14H,3-13H2,1-2H3,(H,19,22). The molecular formula is C18H30N2O6. The van der Waals surface area contributed by atoms with Crippen LogP contribution in [0.4, 0.5) is 9.59 Å². The molecule has 1 aliphatic carbocycles. The molecule has 0 aromatic carbocycles. The number of esters is 1. The summed E-state index contributed by atoms with van der Waals surface area (Å²) >= 11 is 0. The molecule has 2 rings (SSSR count). The van der Waals surface area contributed by atoms with E-state index in [0.29, 0.717) is 45.4 Å². The number of hydrogen-bond donors (Lipinski definition) is 1. The van der Waals surface area contributed by atoms with Crippen LogP contribution in [0.3, 0.4) is 0 Å². The van der Waals surface area contributed by atoms with Crippen molar-refractivity contribution in [1.29, 1.82) is 0 Å². The maximum Gasteiger partial charge on any atom is 0.409 e. The summed E-state index contributed by atoms with van der Waals surface area (Å²) in [5, 5.41) is 2.79. The molecule has 26 heavy (non-hydrogen) atoms. The summed E-state index contributed by atoms with van der Waals surface area (Å²) in [5.74, 6) is -0.364. The van der Waals surface area contributed by atoms with Crippen LogP contribution in [0.2, 0.25) is 0 Å². The molecule has 2 amide bonds. The summed E-state index contributed by atoms with van der Waals surface area (Å²) in [6.07, 6.45) is 4.56. The van der Waals surface area contributed by atoms with Crippen LogP contribution < -0.4 is 5.32 Å². The molecule has 0 unspecified atom stereocenters. The number of likely N-dealkylation sites (tertiary alicyclic amines) is 1. The number of carbonyl (C=O) groups excluding carboxylic acids is 3. The van der Waals surface area contributed by atoms with Gasteiger partial charge in [0, 0.05) is 25.9 Å². The van der Waals surface area contributed by atoms with Gasteiger partial charge in [-0.1, -0.05) is 26.2 Å². The molecular weight excluding hydrogens is 340 g/mol. The van der Waals surface area contributed by atoms with Gasteiger partial charge in [0.2, 0.25) is 0 Å². The SMILES string of the molecule is CCCOC(=O)C1(NC(=O)OC2CCN(C(=O)OC)CC2)CCCCC1. The van der Waals surface area contributed by atoms with E-state index in [0.717, 1.165) is 25.7 Å². The van der Waals surface area contributed by atoms with Crippen LogP contribution in [-0.4, -0.2) is 61.5 Å². The predicted molar refractivity (Wildman–Crippen MR) is 93.7 cm³/mol. The van der Waals surface area contributed by atoms with Crippen molar-refractivity contribution in [3.63, 3.8) is 0 Å². The molecule has 8 heteroatoms. The van der Waals surface area contributed by atoms with Crippen molar-refractivity contribution in [2.45, 2.75) is 69.9 Å². The Kier molecular flexibility index (Phi) is 7.53. The molecule has 1 N–H and O–H groups in total. The van der Waals surface area contributed by atoms with Crippen molar-refractivity contribution >= 4 is 18.2 Å². The van der Waals surface area contributed by atoms with Crippen LogP contribution in [0.15, 0.2) is 0 Å². The molecule has 1 saturated heterocycles. The van der Waals surface area contributed by atoms with E-state index >= 15 is 0 Å². The van der Waals surface area contributed by atoms with Crippen LogP contribution in [0.25, 0.3) is 0 Å². The molecule has 8 nitrogen and oxygen atoms in total. The Morgan fingerprint density at radius 2 is 1.77 bits per heavy atom. The summed E-state index contributed by atoms with van der Waals surface area (Å²) in [4.78, 5) is 38.0. The Bertz CT molecular complexity index is 496. The maximum absolute atomic E-state index is 12.5. The first-order valence-corrected chi connectivity index (χ1v) is 9.49. The molecule has 0 bridgehead atoms. The van der Waals surface area contributed by atoms with Crippen molar-refractivity contribution in [2.24, 2.45) is 0 Å². The van der Waals surface area contributed by atoms with Gasteiger partial charge in [-0.2, -0.15) is 0 Å². The van der Waals surface area contributed by atoms with Gasteiger partial charge in [-0.15, -0.1) is 0 Å². The Morgan fingerprint density at radius 3 is 2.35 bits per heavy atom. The van der Waals surface area contributed by atoms with Crippen molar-refractivity contribution in [3.8, 4) is 0 Å². The van der Waals surface area contributed by atoms with E-state index in [9.17, 15) is 14.4 Å². The van der Waals surface area contributed by atoms with Gasteiger partial charge in [-0.05, 0) is 19.3 Å². The largest absolute Gasteiger partial charge is 0.464 e. The van der Waals surface area contributed by atoms with Crippen molar-refractivity contribution in [1.82, 2.24) is 10.2 Å². The highest BCUT2D eigenvalue weighted by Crippen LogP contribution is 2.30. The molecule has 148 valence electrons. The topological polar surface area (TPSA) is 94.2 Å². The lowest BCUT2D eigenvalue weighted by Gasteiger charge is -2.36. The molecule has 1 heterocycles. The molecule has 0 radical (unpaired) electrons. The van der Waals surface area contributed by atoms with Gasteiger partial charge in [0.05, 0.1) is 13.7 Å². The summed E-state index contributed by atoms with van der Waals surface area (Å²) in [5.41, 5.74) is -0.975. The summed E-state index contributed by atoms with van der Waals surface area (Å²) in [6, 6.07) is 0. The predicted octanol–water partition coefficient (Wildman–Crippen LogP) is 2.60. The van der Waals surface area contributed by atoms with E-state index in [-0.39, 0.29) is 18.2 Å². The van der Waals surface area contributed by atoms with Gasteiger partial charge in [0.1, 0.15) is 11.6 Å². The number of alkyl carbamates (subject to hydrolysis) is 1. The highest BCUT2D eigenvalue weighted by Gasteiger charge is 2.43. The molecule has 2 aliphatic rings. The minimum atomic E-state index is -0.975. The average Bonchev–Trinajstić information content (AvgIpc) is 2.66.